The lowest BCUT2D eigenvalue weighted by atomic mass is 9.97. The zero-order valence-corrected chi connectivity index (χ0v) is 15.0. The number of ether oxygens (including phenoxy) is 1. The molecule has 2 aromatic rings. The molecule has 0 aliphatic heterocycles. The molecule has 3 nitrogen and oxygen atoms in total. The van der Waals surface area contributed by atoms with E-state index in [2.05, 4.69) is 48.6 Å². The van der Waals surface area contributed by atoms with Crippen molar-refractivity contribution in [2.75, 3.05) is 6.61 Å². The molecule has 1 amide bonds. The van der Waals surface area contributed by atoms with Gasteiger partial charge in [0, 0.05) is 19.6 Å². The Bertz CT molecular complexity index is 711. The third kappa shape index (κ3) is 4.70. The molecule has 0 saturated heterocycles. The Balaban J connectivity index is 1.53. The van der Waals surface area contributed by atoms with Crippen LogP contribution in [0.2, 0.25) is 0 Å². The molecule has 0 radical (unpaired) electrons. The number of nitrogens with one attached hydrogen (secondary N) is 1. The Morgan fingerprint density at radius 1 is 1.12 bits per heavy atom. The molecule has 0 heterocycles. The van der Waals surface area contributed by atoms with Crippen molar-refractivity contribution in [3.8, 4) is 0 Å². The second-order valence-electron chi connectivity index (χ2n) is 6.74. The number of amides is 1. The number of hydrogen-bond donors (Lipinski definition) is 1. The van der Waals surface area contributed by atoms with Gasteiger partial charge < -0.3 is 10.1 Å². The van der Waals surface area contributed by atoms with E-state index in [1.54, 1.807) is 0 Å². The number of benzene rings is 2. The van der Waals surface area contributed by atoms with Gasteiger partial charge >= 0.3 is 0 Å². The van der Waals surface area contributed by atoms with E-state index >= 15 is 0 Å². The Morgan fingerprint density at radius 2 is 1.88 bits per heavy atom. The zero-order valence-electron chi connectivity index (χ0n) is 15.0. The average molecular weight is 337 g/mol. The first-order valence-corrected chi connectivity index (χ1v) is 9.27. The maximum Gasteiger partial charge on any atom is 0.220 e. The van der Waals surface area contributed by atoms with E-state index in [1.807, 2.05) is 12.1 Å². The molecule has 1 aliphatic carbocycles. The van der Waals surface area contributed by atoms with Gasteiger partial charge in [0.15, 0.2) is 0 Å². The summed E-state index contributed by atoms with van der Waals surface area (Å²) >= 11 is 0. The van der Waals surface area contributed by atoms with Crippen LogP contribution in [0.3, 0.4) is 0 Å². The van der Waals surface area contributed by atoms with Gasteiger partial charge in [0.1, 0.15) is 0 Å². The molecule has 132 valence electrons. The SMILES string of the molecule is CCCOCc1ccccc1CNC(=O)CC1CCc2ccccc21. The van der Waals surface area contributed by atoms with Gasteiger partial charge in [0.2, 0.25) is 5.91 Å². The van der Waals surface area contributed by atoms with Crippen LogP contribution in [-0.4, -0.2) is 12.5 Å². The molecule has 0 aromatic heterocycles. The van der Waals surface area contributed by atoms with Crippen LogP contribution in [0.5, 0.6) is 0 Å². The Hall–Kier alpha value is -2.13. The fourth-order valence-electron chi connectivity index (χ4n) is 3.54. The highest BCUT2D eigenvalue weighted by Gasteiger charge is 2.24. The van der Waals surface area contributed by atoms with E-state index in [9.17, 15) is 4.79 Å². The summed E-state index contributed by atoms with van der Waals surface area (Å²) in [5, 5.41) is 3.09. The third-order valence-corrected chi connectivity index (χ3v) is 4.89. The molecule has 0 bridgehead atoms. The molecule has 0 spiro atoms. The molecule has 3 rings (SSSR count). The number of carbonyl (C=O) groups is 1. The van der Waals surface area contributed by atoms with Crippen molar-refractivity contribution in [1.29, 1.82) is 0 Å². The van der Waals surface area contributed by atoms with Gasteiger partial charge in [-0.25, -0.2) is 0 Å². The van der Waals surface area contributed by atoms with Crippen molar-refractivity contribution in [2.24, 2.45) is 0 Å². The van der Waals surface area contributed by atoms with Crippen LogP contribution in [0.4, 0.5) is 0 Å². The molecule has 25 heavy (non-hydrogen) atoms. The number of rotatable bonds is 8. The van der Waals surface area contributed by atoms with Gasteiger partial charge in [-0.2, -0.15) is 0 Å². The van der Waals surface area contributed by atoms with E-state index < -0.39 is 0 Å². The standard InChI is InChI=1S/C22H27NO2/c1-2-13-25-16-20-9-4-3-8-19(20)15-23-22(24)14-18-12-11-17-7-5-6-10-21(17)18/h3-10,18H,2,11-16H2,1H3,(H,23,24). The van der Waals surface area contributed by atoms with Gasteiger partial charge in [0.05, 0.1) is 6.61 Å². The van der Waals surface area contributed by atoms with Gasteiger partial charge in [-0.05, 0) is 47.4 Å². The van der Waals surface area contributed by atoms with Crippen LogP contribution in [0.1, 0.15) is 54.4 Å². The van der Waals surface area contributed by atoms with Crippen LogP contribution in [0, 0.1) is 0 Å². The van der Waals surface area contributed by atoms with E-state index in [0.29, 0.717) is 25.5 Å². The summed E-state index contributed by atoms with van der Waals surface area (Å²) in [7, 11) is 0. The summed E-state index contributed by atoms with van der Waals surface area (Å²) in [5.41, 5.74) is 5.05. The average Bonchev–Trinajstić information content (AvgIpc) is 3.04. The second kappa shape index (κ2) is 8.82. The molecule has 1 atom stereocenters. The van der Waals surface area contributed by atoms with E-state index in [-0.39, 0.29) is 5.91 Å². The summed E-state index contributed by atoms with van der Waals surface area (Å²) < 4.78 is 5.65. The van der Waals surface area contributed by atoms with E-state index in [0.717, 1.165) is 37.0 Å². The highest BCUT2D eigenvalue weighted by Crippen LogP contribution is 2.35. The lowest BCUT2D eigenvalue weighted by Gasteiger charge is -2.14. The van der Waals surface area contributed by atoms with Crippen molar-refractivity contribution in [2.45, 2.75) is 51.7 Å². The maximum atomic E-state index is 12.4. The first-order chi connectivity index (χ1) is 12.3. The molecule has 0 fully saturated rings. The molecular weight excluding hydrogens is 310 g/mol. The predicted octanol–water partition coefficient (Wildman–Crippen LogP) is 4.35. The minimum Gasteiger partial charge on any atom is -0.377 e. The van der Waals surface area contributed by atoms with Crippen molar-refractivity contribution in [3.63, 3.8) is 0 Å². The van der Waals surface area contributed by atoms with E-state index in [1.165, 1.54) is 11.1 Å². The summed E-state index contributed by atoms with van der Waals surface area (Å²) in [4.78, 5) is 12.4. The van der Waals surface area contributed by atoms with Crippen molar-refractivity contribution in [3.05, 3.63) is 70.8 Å². The molecule has 0 saturated carbocycles. The minimum atomic E-state index is 0.131. The zero-order chi connectivity index (χ0) is 17.5. The van der Waals surface area contributed by atoms with Crippen molar-refractivity contribution >= 4 is 5.91 Å². The highest BCUT2D eigenvalue weighted by molar-refractivity contribution is 5.77. The van der Waals surface area contributed by atoms with Gasteiger partial charge in [-0.15, -0.1) is 0 Å². The first-order valence-electron chi connectivity index (χ1n) is 9.27. The lowest BCUT2D eigenvalue weighted by molar-refractivity contribution is -0.121. The summed E-state index contributed by atoms with van der Waals surface area (Å²) in [5.74, 6) is 0.491. The Labute approximate surface area is 150 Å². The second-order valence-corrected chi connectivity index (χ2v) is 6.74. The third-order valence-electron chi connectivity index (χ3n) is 4.89. The normalized spacial score (nSPS) is 15.8. The fourth-order valence-corrected chi connectivity index (χ4v) is 3.54. The van der Waals surface area contributed by atoms with Gasteiger partial charge in [0.25, 0.3) is 0 Å². The number of hydrogen-bond acceptors (Lipinski definition) is 2. The monoisotopic (exact) mass is 337 g/mol. The van der Waals surface area contributed by atoms with Crippen LogP contribution < -0.4 is 5.32 Å². The number of carbonyl (C=O) groups excluding carboxylic acids is 1. The Morgan fingerprint density at radius 3 is 2.72 bits per heavy atom. The largest absolute Gasteiger partial charge is 0.377 e. The first kappa shape index (κ1) is 17.7. The minimum absolute atomic E-state index is 0.131. The summed E-state index contributed by atoms with van der Waals surface area (Å²) in [6.45, 7) is 4.05. The van der Waals surface area contributed by atoms with Crippen LogP contribution >= 0.6 is 0 Å². The number of aryl methyl sites for hydroxylation is 1. The highest BCUT2D eigenvalue weighted by atomic mass is 16.5. The Kier molecular flexibility index (Phi) is 6.24. The maximum absolute atomic E-state index is 12.4. The lowest BCUT2D eigenvalue weighted by Crippen LogP contribution is -2.24. The van der Waals surface area contributed by atoms with Crippen LogP contribution in [-0.2, 0) is 29.1 Å². The fraction of sp³-hybridized carbons (Fsp3) is 0.409. The van der Waals surface area contributed by atoms with Gasteiger partial charge in [-0.1, -0.05) is 55.5 Å². The number of fused-ring (bicyclic) bond motifs is 1. The molecule has 1 unspecified atom stereocenters. The van der Waals surface area contributed by atoms with Gasteiger partial charge in [-0.3, -0.25) is 4.79 Å². The molecule has 1 aliphatic rings. The topological polar surface area (TPSA) is 38.3 Å². The smallest absolute Gasteiger partial charge is 0.220 e. The summed E-state index contributed by atoms with van der Waals surface area (Å²) in [6, 6.07) is 16.7. The molecule has 2 aromatic carbocycles. The predicted molar refractivity (Wildman–Crippen MR) is 100 cm³/mol. The molecular formula is C22H27NO2. The van der Waals surface area contributed by atoms with Crippen LogP contribution in [0.15, 0.2) is 48.5 Å². The van der Waals surface area contributed by atoms with Crippen LogP contribution in [0.25, 0.3) is 0 Å². The molecule has 3 heteroatoms. The van der Waals surface area contributed by atoms with E-state index in [4.69, 9.17) is 4.74 Å². The van der Waals surface area contributed by atoms with Crippen molar-refractivity contribution < 1.29 is 9.53 Å². The molecule has 1 N–H and O–H groups in total. The van der Waals surface area contributed by atoms with Crippen molar-refractivity contribution in [1.82, 2.24) is 5.32 Å². The summed E-state index contributed by atoms with van der Waals surface area (Å²) in [6.07, 6.45) is 3.76. The quantitative estimate of drug-likeness (QED) is 0.727.